The van der Waals surface area contributed by atoms with E-state index in [2.05, 4.69) is 21.2 Å². The van der Waals surface area contributed by atoms with Gasteiger partial charge in [-0.3, -0.25) is 4.79 Å². The summed E-state index contributed by atoms with van der Waals surface area (Å²) >= 11 is 9.11. The summed E-state index contributed by atoms with van der Waals surface area (Å²) in [7, 11) is 0. The third-order valence-corrected chi connectivity index (χ3v) is 3.31. The second-order valence-corrected chi connectivity index (χ2v) is 5.36. The molecule has 0 aliphatic carbocycles. The van der Waals surface area contributed by atoms with E-state index in [1.54, 1.807) is 30.3 Å². The Kier molecular flexibility index (Phi) is 4.28. The molecule has 2 aromatic rings. The standard InChI is InChI=1S/C14H9BrClN3O/c15-10-3-8(4-11(18)6-10)14(20)19-12-1-2-13(16)9(5-12)7-17/h1-6H,18H2,(H,19,20). The lowest BCUT2D eigenvalue weighted by molar-refractivity contribution is 0.102. The van der Waals surface area contributed by atoms with E-state index in [9.17, 15) is 4.79 Å². The summed E-state index contributed by atoms with van der Waals surface area (Å²) in [4.78, 5) is 12.1. The highest BCUT2D eigenvalue weighted by Crippen LogP contribution is 2.21. The van der Waals surface area contributed by atoms with Gasteiger partial charge in [0.2, 0.25) is 0 Å². The van der Waals surface area contributed by atoms with Crippen LogP contribution in [-0.4, -0.2) is 5.91 Å². The average molecular weight is 351 g/mol. The molecule has 6 heteroatoms. The Hall–Kier alpha value is -2.03. The van der Waals surface area contributed by atoms with Crippen LogP contribution in [0.25, 0.3) is 0 Å². The zero-order chi connectivity index (χ0) is 14.7. The van der Waals surface area contributed by atoms with Crippen LogP contribution in [0.4, 0.5) is 11.4 Å². The molecule has 0 radical (unpaired) electrons. The van der Waals surface area contributed by atoms with Gasteiger partial charge in [0, 0.05) is 21.4 Å². The molecule has 0 fully saturated rings. The van der Waals surface area contributed by atoms with Gasteiger partial charge in [-0.05, 0) is 36.4 Å². The minimum absolute atomic E-state index is 0.304. The van der Waals surface area contributed by atoms with Gasteiger partial charge >= 0.3 is 0 Å². The Balaban J connectivity index is 2.26. The molecule has 0 heterocycles. The number of rotatable bonds is 2. The van der Waals surface area contributed by atoms with Crippen molar-refractivity contribution in [1.82, 2.24) is 0 Å². The molecule has 0 saturated heterocycles. The highest BCUT2D eigenvalue weighted by molar-refractivity contribution is 9.10. The molecular formula is C14H9BrClN3O. The van der Waals surface area contributed by atoms with E-state index >= 15 is 0 Å². The molecule has 4 nitrogen and oxygen atoms in total. The second-order valence-electron chi connectivity index (χ2n) is 4.03. The van der Waals surface area contributed by atoms with Crippen molar-refractivity contribution < 1.29 is 4.79 Å². The Morgan fingerprint density at radius 2 is 2.05 bits per heavy atom. The number of anilines is 2. The first kappa shape index (κ1) is 14.4. The highest BCUT2D eigenvalue weighted by atomic mass is 79.9. The van der Waals surface area contributed by atoms with Crippen molar-refractivity contribution >= 4 is 44.8 Å². The number of nitriles is 1. The summed E-state index contributed by atoms with van der Waals surface area (Å²) in [5.74, 6) is -0.316. The Bertz CT molecular complexity index is 705. The SMILES string of the molecule is N#Cc1cc(NC(=O)c2cc(N)cc(Br)c2)ccc1Cl. The Morgan fingerprint density at radius 3 is 2.70 bits per heavy atom. The molecule has 0 bridgehead atoms. The number of carbonyl (C=O) groups excluding carboxylic acids is 1. The molecule has 0 aromatic heterocycles. The van der Waals surface area contributed by atoms with Crippen molar-refractivity contribution in [3.05, 3.63) is 57.0 Å². The monoisotopic (exact) mass is 349 g/mol. The van der Waals surface area contributed by atoms with Crippen LogP contribution in [0.5, 0.6) is 0 Å². The van der Waals surface area contributed by atoms with Gasteiger partial charge in [-0.1, -0.05) is 27.5 Å². The van der Waals surface area contributed by atoms with E-state index in [1.807, 2.05) is 6.07 Å². The number of carbonyl (C=O) groups is 1. The van der Waals surface area contributed by atoms with Crippen LogP contribution in [0.2, 0.25) is 5.02 Å². The molecule has 0 aliphatic rings. The van der Waals surface area contributed by atoms with Gasteiger partial charge in [-0.2, -0.15) is 5.26 Å². The topological polar surface area (TPSA) is 78.9 Å². The third-order valence-electron chi connectivity index (χ3n) is 2.53. The fourth-order valence-electron chi connectivity index (χ4n) is 1.64. The maximum absolute atomic E-state index is 12.1. The molecule has 20 heavy (non-hydrogen) atoms. The number of nitrogens with two attached hydrogens (primary N) is 1. The van der Waals surface area contributed by atoms with Crippen LogP contribution >= 0.6 is 27.5 Å². The average Bonchev–Trinajstić information content (AvgIpc) is 2.39. The highest BCUT2D eigenvalue weighted by Gasteiger charge is 2.09. The predicted octanol–water partition coefficient (Wildman–Crippen LogP) is 3.81. The predicted molar refractivity (Wildman–Crippen MR) is 82.7 cm³/mol. The van der Waals surface area contributed by atoms with Gasteiger partial charge < -0.3 is 11.1 Å². The number of nitrogen functional groups attached to an aromatic ring is 1. The first-order chi connectivity index (χ1) is 9.49. The van der Waals surface area contributed by atoms with E-state index < -0.39 is 0 Å². The van der Waals surface area contributed by atoms with Gasteiger partial charge in [0.15, 0.2) is 0 Å². The largest absolute Gasteiger partial charge is 0.399 e. The smallest absolute Gasteiger partial charge is 0.255 e. The van der Waals surface area contributed by atoms with Crippen molar-refractivity contribution in [2.75, 3.05) is 11.1 Å². The number of hydrogen-bond donors (Lipinski definition) is 2. The number of nitrogens with one attached hydrogen (secondary N) is 1. The molecule has 0 atom stereocenters. The minimum Gasteiger partial charge on any atom is -0.399 e. The quantitative estimate of drug-likeness (QED) is 0.808. The summed E-state index contributed by atoms with van der Waals surface area (Å²) in [6.45, 7) is 0. The molecule has 3 N–H and O–H groups in total. The van der Waals surface area contributed by atoms with Crippen LogP contribution in [0.3, 0.4) is 0 Å². The van der Waals surface area contributed by atoms with E-state index in [0.29, 0.717) is 27.5 Å². The van der Waals surface area contributed by atoms with Crippen molar-refractivity contribution in [3.63, 3.8) is 0 Å². The van der Waals surface area contributed by atoms with E-state index in [-0.39, 0.29) is 5.91 Å². The first-order valence-corrected chi connectivity index (χ1v) is 6.74. The summed E-state index contributed by atoms with van der Waals surface area (Å²) < 4.78 is 0.719. The van der Waals surface area contributed by atoms with Gasteiger partial charge in [-0.15, -0.1) is 0 Å². The number of benzene rings is 2. The molecule has 2 aromatic carbocycles. The Morgan fingerprint density at radius 1 is 1.30 bits per heavy atom. The van der Waals surface area contributed by atoms with E-state index in [4.69, 9.17) is 22.6 Å². The Labute approximate surface area is 129 Å². The maximum Gasteiger partial charge on any atom is 0.255 e. The molecular weight excluding hydrogens is 342 g/mol. The minimum atomic E-state index is -0.316. The van der Waals surface area contributed by atoms with Crippen molar-refractivity contribution in [1.29, 1.82) is 5.26 Å². The molecule has 1 amide bonds. The number of hydrogen-bond acceptors (Lipinski definition) is 3. The number of amides is 1. The summed E-state index contributed by atoms with van der Waals surface area (Å²) in [6, 6.07) is 11.6. The molecule has 0 aliphatic heterocycles. The fourth-order valence-corrected chi connectivity index (χ4v) is 2.31. The number of nitrogens with zero attached hydrogens (tertiary/aromatic N) is 1. The van der Waals surface area contributed by atoms with E-state index in [1.165, 1.54) is 6.07 Å². The molecule has 0 unspecified atom stereocenters. The van der Waals surface area contributed by atoms with Crippen LogP contribution < -0.4 is 11.1 Å². The van der Waals surface area contributed by atoms with Gasteiger partial charge in [0.05, 0.1) is 10.6 Å². The van der Waals surface area contributed by atoms with Gasteiger partial charge in [0.25, 0.3) is 5.91 Å². The molecule has 0 saturated carbocycles. The van der Waals surface area contributed by atoms with Crippen molar-refractivity contribution in [3.8, 4) is 6.07 Å². The lowest BCUT2D eigenvalue weighted by Gasteiger charge is -2.07. The molecule has 0 spiro atoms. The first-order valence-electron chi connectivity index (χ1n) is 5.56. The molecule has 100 valence electrons. The van der Waals surface area contributed by atoms with Crippen LogP contribution in [0, 0.1) is 11.3 Å². The van der Waals surface area contributed by atoms with Crippen molar-refractivity contribution in [2.45, 2.75) is 0 Å². The second kappa shape index (κ2) is 5.95. The van der Waals surface area contributed by atoms with Crippen LogP contribution in [0.15, 0.2) is 40.9 Å². The zero-order valence-electron chi connectivity index (χ0n) is 10.2. The summed E-state index contributed by atoms with van der Waals surface area (Å²) in [5, 5.41) is 11.9. The number of halogens is 2. The maximum atomic E-state index is 12.1. The van der Waals surface area contributed by atoms with Gasteiger partial charge in [0.1, 0.15) is 6.07 Å². The van der Waals surface area contributed by atoms with E-state index in [0.717, 1.165) is 4.47 Å². The fraction of sp³-hybridized carbons (Fsp3) is 0. The van der Waals surface area contributed by atoms with Crippen molar-refractivity contribution in [2.24, 2.45) is 0 Å². The lowest BCUT2D eigenvalue weighted by Crippen LogP contribution is -2.12. The molecule has 2 rings (SSSR count). The summed E-state index contributed by atoms with van der Waals surface area (Å²) in [6.07, 6.45) is 0. The zero-order valence-corrected chi connectivity index (χ0v) is 12.5. The van der Waals surface area contributed by atoms with Crippen LogP contribution in [-0.2, 0) is 0 Å². The van der Waals surface area contributed by atoms with Crippen LogP contribution in [0.1, 0.15) is 15.9 Å². The summed E-state index contributed by atoms with van der Waals surface area (Å²) in [5.41, 5.74) is 7.39. The third kappa shape index (κ3) is 3.29. The van der Waals surface area contributed by atoms with Gasteiger partial charge in [-0.25, -0.2) is 0 Å². The normalized spacial score (nSPS) is 9.85. The lowest BCUT2D eigenvalue weighted by atomic mass is 10.1.